The van der Waals surface area contributed by atoms with Crippen molar-refractivity contribution in [2.24, 2.45) is 5.92 Å². The molecule has 0 aliphatic carbocycles. The van der Waals surface area contributed by atoms with Crippen molar-refractivity contribution in [2.75, 3.05) is 5.32 Å². The molecule has 0 bridgehead atoms. The first-order chi connectivity index (χ1) is 8.86. The van der Waals surface area contributed by atoms with E-state index in [1.807, 2.05) is 6.92 Å². The Kier molecular flexibility index (Phi) is 4.57. The number of nitro groups is 1. The van der Waals surface area contributed by atoms with Gasteiger partial charge in [-0.2, -0.15) is 0 Å². The lowest BCUT2D eigenvalue weighted by Gasteiger charge is -2.10. The molecule has 0 saturated carbocycles. The molecule has 1 aromatic carbocycles. The molecular formula is C12H14N2O5. The SMILES string of the molecule is CCC(C)C(=O)Nc1ccc(C(=O)O)cc1[N+](=O)[O-]. The van der Waals surface area contributed by atoms with Gasteiger partial charge in [0.25, 0.3) is 5.69 Å². The molecule has 0 saturated heterocycles. The van der Waals surface area contributed by atoms with Crippen LogP contribution < -0.4 is 5.32 Å². The highest BCUT2D eigenvalue weighted by molar-refractivity contribution is 5.96. The number of carbonyl (C=O) groups excluding carboxylic acids is 1. The van der Waals surface area contributed by atoms with E-state index in [2.05, 4.69) is 5.32 Å². The number of carboxylic acid groups (broad SMARTS) is 1. The molecule has 0 aliphatic heterocycles. The summed E-state index contributed by atoms with van der Waals surface area (Å²) in [5, 5.41) is 22.1. The minimum atomic E-state index is -1.26. The predicted octanol–water partition coefficient (Wildman–Crippen LogP) is 2.28. The second-order valence-electron chi connectivity index (χ2n) is 4.09. The topological polar surface area (TPSA) is 110 Å². The van der Waals surface area contributed by atoms with Crippen LogP contribution in [0, 0.1) is 16.0 Å². The molecule has 1 amide bonds. The van der Waals surface area contributed by atoms with E-state index >= 15 is 0 Å². The second-order valence-corrected chi connectivity index (χ2v) is 4.09. The Balaban J connectivity index is 3.10. The highest BCUT2D eigenvalue weighted by Crippen LogP contribution is 2.26. The van der Waals surface area contributed by atoms with Gasteiger partial charge in [-0.05, 0) is 18.6 Å². The van der Waals surface area contributed by atoms with Gasteiger partial charge in [0.15, 0.2) is 0 Å². The van der Waals surface area contributed by atoms with E-state index in [1.54, 1.807) is 6.92 Å². The fraction of sp³-hybridized carbons (Fsp3) is 0.333. The third-order valence-electron chi connectivity index (χ3n) is 2.76. The van der Waals surface area contributed by atoms with E-state index in [0.29, 0.717) is 6.42 Å². The van der Waals surface area contributed by atoms with Crippen LogP contribution in [0.25, 0.3) is 0 Å². The average molecular weight is 266 g/mol. The summed E-state index contributed by atoms with van der Waals surface area (Å²) in [4.78, 5) is 32.6. The van der Waals surface area contributed by atoms with Crippen molar-refractivity contribution in [2.45, 2.75) is 20.3 Å². The Labute approximate surface area is 109 Å². The number of hydrogen-bond acceptors (Lipinski definition) is 4. The minimum absolute atomic E-state index is 0.000278. The Morgan fingerprint density at radius 1 is 1.47 bits per heavy atom. The lowest BCUT2D eigenvalue weighted by Crippen LogP contribution is -2.20. The van der Waals surface area contributed by atoms with E-state index in [1.165, 1.54) is 12.1 Å². The van der Waals surface area contributed by atoms with E-state index in [0.717, 1.165) is 6.07 Å². The third kappa shape index (κ3) is 3.51. The zero-order chi connectivity index (χ0) is 14.6. The lowest BCUT2D eigenvalue weighted by atomic mass is 10.1. The van der Waals surface area contributed by atoms with Crippen molar-refractivity contribution in [1.29, 1.82) is 0 Å². The fourth-order valence-corrected chi connectivity index (χ4v) is 1.36. The first-order valence-corrected chi connectivity index (χ1v) is 5.69. The van der Waals surface area contributed by atoms with Crippen LogP contribution in [-0.2, 0) is 4.79 Å². The molecule has 1 unspecified atom stereocenters. The summed E-state index contributed by atoms with van der Waals surface area (Å²) in [5.41, 5.74) is -0.634. The molecule has 1 aromatic rings. The molecule has 19 heavy (non-hydrogen) atoms. The standard InChI is InChI=1S/C12H14N2O5/c1-3-7(2)11(15)13-9-5-4-8(12(16)17)6-10(9)14(18)19/h4-7H,3H2,1-2H3,(H,13,15)(H,16,17). The van der Waals surface area contributed by atoms with Gasteiger partial charge >= 0.3 is 5.97 Å². The third-order valence-corrected chi connectivity index (χ3v) is 2.76. The van der Waals surface area contributed by atoms with Crippen molar-refractivity contribution < 1.29 is 19.6 Å². The molecule has 0 aliphatic rings. The van der Waals surface area contributed by atoms with Gasteiger partial charge in [0.05, 0.1) is 10.5 Å². The molecule has 102 valence electrons. The predicted molar refractivity (Wildman–Crippen MR) is 68.1 cm³/mol. The monoisotopic (exact) mass is 266 g/mol. The van der Waals surface area contributed by atoms with E-state index in [4.69, 9.17) is 5.11 Å². The molecule has 0 fully saturated rings. The van der Waals surface area contributed by atoms with Gasteiger partial charge < -0.3 is 10.4 Å². The Morgan fingerprint density at radius 2 is 2.11 bits per heavy atom. The summed E-state index contributed by atoms with van der Waals surface area (Å²) in [6.07, 6.45) is 0.604. The molecule has 1 atom stereocenters. The van der Waals surface area contributed by atoms with Gasteiger partial charge in [-0.1, -0.05) is 13.8 Å². The molecular weight excluding hydrogens is 252 g/mol. The molecule has 7 nitrogen and oxygen atoms in total. The maximum absolute atomic E-state index is 11.7. The smallest absolute Gasteiger partial charge is 0.335 e. The molecule has 0 aromatic heterocycles. The zero-order valence-corrected chi connectivity index (χ0v) is 10.5. The van der Waals surface area contributed by atoms with E-state index < -0.39 is 16.6 Å². The van der Waals surface area contributed by atoms with Gasteiger partial charge in [0.2, 0.25) is 5.91 Å². The van der Waals surface area contributed by atoms with Crippen molar-refractivity contribution in [3.8, 4) is 0 Å². The quantitative estimate of drug-likeness (QED) is 0.627. The Morgan fingerprint density at radius 3 is 2.58 bits per heavy atom. The maximum Gasteiger partial charge on any atom is 0.335 e. The van der Waals surface area contributed by atoms with Gasteiger partial charge in [-0.3, -0.25) is 14.9 Å². The molecule has 7 heteroatoms. The van der Waals surface area contributed by atoms with E-state index in [-0.39, 0.29) is 23.1 Å². The zero-order valence-electron chi connectivity index (χ0n) is 10.5. The number of hydrogen-bond donors (Lipinski definition) is 2. The number of nitrogens with one attached hydrogen (secondary N) is 1. The van der Waals surface area contributed by atoms with Gasteiger partial charge in [0, 0.05) is 12.0 Å². The van der Waals surface area contributed by atoms with Gasteiger partial charge in [-0.15, -0.1) is 0 Å². The van der Waals surface area contributed by atoms with Gasteiger partial charge in [-0.25, -0.2) is 4.79 Å². The molecule has 1 rings (SSSR count). The van der Waals surface area contributed by atoms with Crippen LogP contribution in [0.2, 0.25) is 0 Å². The van der Waals surface area contributed by atoms with E-state index in [9.17, 15) is 19.7 Å². The lowest BCUT2D eigenvalue weighted by molar-refractivity contribution is -0.384. The van der Waals surface area contributed by atoms with Crippen LogP contribution in [0.15, 0.2) is 18.2 Å². The fourth-order valence-electron chi connectivity index (χ4n) is 1.36. The number of anilines is 1. The van der Waals surface area contributed by atoms with Crippen LogP contribution >= 0.6 is 0 Å². The highest BCUT2D eigenvalue weighted by Gasteiger charge is 2.20. The molecule has 0 spiro atoms. The summed E-state index contributed by atoms with van der Waals surface area (Å²) < 4.78 is 0. The first-order valence-electron chi connectivity index (χ1n) is 5.69. The van der Waals surface area contributed by atoms with Crippen LogP contribution in [0.5, 0.6) is 0 Å². The number of benzene rings is 1. The number of amides is 1. The van der Waals surface area contributed by atoms with Crippen molar-refractivity contribution >= 4 is 23.3 Å². The number of nitrogens with zero attached hydrogens (tertiary/aromatic N) is 1. The van der Waals surface area contributed by atoms with Crippen molar-refractivity contribution in [3.05, 3.63) is 33.9 Å². The normalized spacial score (nSPS) is 11.7. The summed E-state index contributed by atoms with van der Waals surface area (Å²) in [7, 11) is 0. The second kappa shape index (κ2) is 5.94. The number of aromatic carboxylic acids is 1. The van der Waals surface area contributed by atoms with Crippen molar-refractivity contribution in [1.82, 2.24) is 0 Å². The summed E-state index contributed by atoms with van der Waals surface area (Å²) in [5.74, 6) is -1.88. The molecule has 0 heterocycles. The number of rotatable bonds is 5. The summed E-state index contributed by atoms with van der Waals surface area (Å²) >= 11 is 0. The minimum Gasteiger partial charge on any atom is -0.478 e. The van der Waals surface area contributed by atoms with Crippen molar-refractivity contribution in [3.63, 3.8) is 0 Å². The van der Waals surface area contributed by atoms with Crippen LogP contribution in [0.1, 0.15) is 30.6 Å². The Bertz CT molecular complexity index is 527. The van der Waals surface area contributed by atoms with Crippen LogP contribution in [-0.4, -0.2) is 21.9 Å². The maximum atomic E-state index is 11.7. The van der Waals surface area contributed by atoms with Crippen LogP contribution in [0.3, 0.4) is 0 Å². The number of carboxylic acids is 1. The molecule has 0 radical (unpaired) electrons. The highest BCUT2D eigenvalue weighted by atomic mass is 16.6. The number of nitro benzene ring substituents is 1. The first kappa shape index (κ1) is 14.6. The molecule has 2 N–H and O–H groups in total. The largest absolute Gasteiger partial charge is 0.478 e. The van der Waals surface area contributed by atoms with Crippen LogP contribution in [0.4, 0.5) is 11.4 Å². The Hall–Kier alpha value is -2.44. The summed E-state index contributed by atoms with van der Waals surface area (Å²) in [6.45, 7) is 3.53. The number of carbonyl (C=O) groups is 2. The summed E-state index contributed by atoms with van der Waals surface area (Å²) in [6, 6.07) is 3.36. The van der Waals surface area contributed by atoms with Gasteiger partial charge in [0.1, 0.15) is 5.69 Å². The average Bonchev–Trinajstić information content (AvgIpc) is 2.37.